The lowest BCUT2D eigenvalue weighted by molar-refractivity contribution is 0.555. The molecule has 3 rings (SSSR count). The van der Waals surface area contributed by atoms with E-state index in [1.165, 1.54) is 0 Å². The standard InChI is InChI=1S/C12H16N6/c1-9-11(13-2)15-8-16-12(9)18-6-5-17-4-3-14-10(17)7-18/h3-4,8H,5-7H2,1-2H3,(H,13,15,16). The molecule has 94 valence electrons. The van der Waals surface area contributed by atoms with Gasteiger partial charge in [0.15, 0.2) is 0 Å². The minimum Gasteiger partial charge on any atom is -0.373 e. The molecule has 6 heteroatoms. The van der Waals surface area contributed by atoms with Gasteiger partial charge in [0, 0.05) is 38.1 Å². The second-order valence-electron chi connectivity index (χ2n) is 4.38. The van der Waals surface area contributed by atoms with Gasteiger partial charge in [0.25, 0.3) is 0 Å². The van der Waals surface area contributed by atoms with Crippen molar-refractivity contribution in [1.82, 2.24) is 19.5 Å². The highest BCUT2D eigenvalue weighted by Crippen LogP contribution is 2.24. The molecular weight excluding hydrogens is 228 g/mol. The van der Waals surface area contributed by atoms with Gasteiger partial charge in [-0.05, 0) is 6.92 Å². The topological polar surface area (TPSA) is 58.9 Å². The van der Waals surface area contributed by atoms with Crippen LogP contribution < -0.4 is 10.2 Å². The van der Waals surface area contributed by atoms with E-state index in [0.29, 0.717) is 0 Å². The predicted octanol–water partition coefficient (Wildman–Crippen LogP) is 1.04. The first-order chi connectivity index (χ1) is 8.79. The zero-order chi connectivity index (χ0) is 12.5. The Bertz CT molecular complexity index is 561. The average molecular weight is 244 g/mol. The average Bonchev–Trinajstić information content (AvgIpc) is 2.86. The van der Waals surface area contributed by atoms with Gasteiger partial charge in [-0.1, -0.05) is 0 Å². The Balaban J connectivity index is 1.93. The van der Waals surface area contributed by atoms with Crippen LogP contribution in [-0.2, 0) is 13.1 Å². The fourth-order valence-electron chi connectivity index (χ4n) is 2.37. The zero-order valence-corrected chi connectivity index (χ0v) is 10.6. The lowest BCUT2D eigenvalue weighted by Crippen LogP contribution is -2.34. The second kappa shape index (κ2) is 4.29. The van der Waals surface area contributed by atoms with Gasteiger partial charge in [0.1, 0.15) is 23.8 Å². The van der Waals surface area contributed by atoms with Crippen molar-refractivity contribution >= 4 is 11.6 Å². The highest BCUT2D eigenvalue weighted by molar-refractivity contribution is 5.57. The second-order valence-corrected chi connectivity index (χ2v) is 4.38. The number of nitrogens with one attached hydrogen (secondary N) is 1. The zero-order valence-electron chi connectivity index (χ0n) is 10.6. The van der Waals surface area contributed by atoms with Gasteiger partial charge in [-0.2, -0.15) is 0 Å². The molecule has 6 nitrogen and oxygen atoms in total. The van der Waals surface area contributed by atoms with E-state index >= 15 is 0 Å². The van der Waals surface area contributed by atoms with Gasteiger partial charge in [-0.3, -0.25) is 0 Å². The number of hydrogen-bond acceptors (Lipinski definition) is 5. The summed E-state index contributed by atoms with van der Waals surface area (Å²) in [6, 6.07) is 0. The quantitative estimate of drug-likeness (QED) is 0.855. The molecule has 0 radical (unpaired) electrons. The Morgan fingerprint density at radius 2 is 2.11 bits per heavy atom. The van der Waals surface area contributed by atoms with Crippen molar-refractivity contribution in [2.75, 3.05) is 23.8 Å². The molecule has 0 spiro atoms. The smallest absolute Gasteiger partial charge is 0.137 e. The summed E-state index contributed by atoms with van der Waals surface area (Å²) in [4.78, 5) is 15.2. The SMILES string of the molecule is CNc1ncnc(N2CCn3ccnc3C2)c1C. The molecular formula is C12H16N6. The minimum atomic E-state index is 0.800. The third-order valence-electron chi connectivity index (χ3n) is 3.34. The lowest BCUT2D eigenvalue weighted by Gasteiger charge is -2.29. The molecule has 0 unspecified atom stereocenters. The number of fused-ring (bicyclic) bond motifs is 1. The molecule has 0 aliphatic carbocycles. The summed E-state index contributed by atoms with van der Waals surface area (Å²) in [5.41, 5.74) is 1.08. The molecule has 0 saturated carbocycles. The van der Waals surface area contributed by atoms with E-state index in [-0.39, 0.29) is 0 Å². The first kappa shape index (κ1) is 11.0. The summed E-state index contributed by atoms with van der Waals surface area (Å²) in [5.74, 6) is 2.96. The van der Waals surface area contributed by atoms with Crippen molar-refractivity contribution in [2.45, 2.75) is 20.0 Å². The minimum absolute atomic E-state index is 0.800. The van der Waals surface area contributed by atoms with Crippen molar-refractivity contribution in [3.63, 3.8) is 0 Å². The van der Waals surface area contributed by atoms with Crippen molar-refractivity contribution < 1.29 is 0 Å². The van der Waals surface area contributed by atoms with E-state index in [9.17, 15) is 0 Å². The third kappa shape index (κ3) is 1.70. The van der Waals surface area contributed by atoms with Crippen LogP contribution in [0.1, 0.15) is 11.4 Å². The van der Waals surface area contributed by atoms with Crippen LogP contribution in [0.3, 0.4) is 0 Å². The van der Waals surface area contributed by atoms with E-state index in [1.807, 2.05) is 26.4 Å². The van der Waals surface area contributed by atoms with Crippen molar-refractivity contribution in [2.24, 2.45) is 0 Å². The molecule has 0 bridgehead atoms. The highest BCUT2D eigenvalue weighted by Gasteiger charge is 2.20. The number of aromatic nitrogens is 4. The molecule has 0 atom stereocenters. The summed E-state index contributed by atoms with van der Waals surface area (Å²) >= 11 is 0. The molecule has 0 amide bonds. The molecule has 0 fully saturated rings. The van der Waals surface area contributed by atoms with Crippen molar-refractivity contribution in [1.29, 1.82) is 0 Å². The van der Waals surface area contributed by atoms with Gasteiger partial charge in [0.05, 0.1) is 6.54 Å². The van der Waals surface area contributed by atoms with E-state index in [0.717, 1.165) is 42.7 Å². The predicted molar refractivity (Wildman–Crippen MR) is 69.6 cm³/mol. The van der Waals surface area contributed by atoms with E-state index < -0.39 is 0 Å². The molecule has 3 heterocycles. The molecule has 18 heavy (non-hydrogen) atoms. The van der Waals surface area contributed by atoms with Gasteiger partial charge >= 0.3 is 0 Å². The number of nitrogens with zero attached hydrogens (tertiary/aromatic N) is 5. The van der Waals surface area contributed by atoms with Gasteiger partial charge in [-0.25, -0.2) is 15.0 Å². The van der Waals surface area contributed by atoms with Gasteiger partial charge in [0.2, 0.25) is 0 Å². The Kier molecular flexibility index (Phi) is 2.62. The molecule has 0 aromatic carbocycles. The van der Waals surface area contributed by atoms with Gasteiger partial charge in [-0.15, -0.1) is 0 Å². The van der Waals surface area contributed by atoms with Crippen LogP contribution in [0.15, 0.2) is 18.7 Å². The summed E-state index contributed by atoms with van der Waals surface area (Å²) in [6.45, 7) is 4.74. The third-order valence-corrected chi connectivity index (χ3v) is 3.34. The van der Waals surface area contributed by atoms with Crippen molar-refractivity contribution in [3.8, 4) is 0 Å². The van der Waals surface area contributed by atoms with Crippen LogP contribution in [-0.4, -0.2) is 33.1 Å². The molecule has 2 aromatic heterocycles. The fraction of sp³-hybridized carbons (Fsp3) is 0.417. The first-order valence-corrected chi connectivity index (χ1v) is 6.04. The summed E-state index contributed by atoms with van der Waals surface area (Å²) in [5, 5.41) is 3.09. The molecule has 2 aromatic rings. The monoisotopic (exact) mass is 244 g/mol. The fourth-order valence-corrected chi connectivity index (χ4v) is 2.37. The molecule has 1 N–H and O–H groups in total. The summed E-state index contributed by atoms with van der Waals surface area (Å²) in [6.07, 6.45) is 5.48. The normalized spacial score (nSPS) is 14.4. The lowest BCUT2D eigenvalue weighted by atomic mass is 10.2. The molecule has 1 aliphatic heterocycles. The van der Waals surface area contributed by atoms with Gasteiger partial charge < -0.3 is 14.8 Å². The maximum Gasteiger partial charge on any atom is 0.137 e. The van der Waals surface area contributed by atoms with Crippen LogP contribution in [0.25, 0.3) is 0 Å². The first-order valence-electron chi connectivity index (χ1n) is 6.04. The number of rotatable bonds is 2. The maximum atomic E-state index is 4.41. The molecule has 0 saturated heterocycles. The Morgan fingerprint density at radius 3 is 2.94 bits per heavy atom. The van der Waals surface area contributed by atoms with Crippen molar-refractivity contribution in [3.05, 3.63) is 30.1 Å². The largest absolute Gasteiger partial charge is 0.373 e. The van der Waals surface area contributed by atoms with Crippen LogP contribution in [0.5, 0.6) is 0 Å². The number of hydrogen-bond donors (Lipinski definition) is 1. The summed E-state index contributed by atoms with van der Waals surface area (Å²) < 4.78 is 2.19. The van der Waals surface area contributed by atoms with E-state index in [4.69, 9.17) is 0 Å². The highest BCUT2D eigenvalue weighted by atomic mass is 15.3. The molecule has 1 aliphatic rings. The van der Waals surface area contributed by atoms with Crippen LogP contribution >= 0.6 is 0 Å². The van der Waals surface area contributed by atoms with E-state index in [1.54, 1.807) is 6.33 Å². The number of anilines is 2. The number of imidazole rings is 1. The maximum absolute atomic E-state index is 4.41. The van der Waals surface area contributed by atoms with Crippen LogP contribution in [0.4, 0.5) is 11.6 Å². The Morgan fingerprint density at radius 1 is 1.22 bits per heavy atom. The Hall–Kier alpha value is -2.11. The summed E-state index contributed by atoms with van der Waals surface area (Å²) in [7, 11) is 1.88. The Labute approximate surface area is 106 Å². The van der Waals surface area contributed by atoms with Crippen LogP contribution in [0, 0.1) is 6.92 Å². The van der Waals surface area contributed by atoms with E-state index in [2.05, 4.69) is 29.7 Å². The van der Waals surface area contributed by atoms with Crippen LogP contribution in [0.2, 0.25) is 0 Å².